The lowest BCUT2D eigenvalue weighted by Gasteiger charge is -2.39. The van der Waals surface area contributed by atoms with Crippen molar-refractivity contribution in [1.82, 2.24) is 10.7 Å². The molecule has 3 atom stereocenters. The lowest BCUT2D eigenvalue weighted by atomic mass is 9.82. The van der Waals surface area contributed by atoms with Crippen molar-refractivity contribution in [1.29, 1.82) is 0 Å². The second-order valence-electron chi connectivity index (χ2n) is 6.76. The van der Waals surface area contributed by atoms with E-state index in [1.807, 2.05) is 17.9 Å². The number of rotatable bonds is 1. The number of carbonyl (C=O) groups excluding carboxylic acids is 1. The van der Waals surface area contributed by atoms with E-state index in [1.54, 1.807) is 0 Å². The lowest BCUT2D eigenvalue weighted by molar-refractivity contribution is -0.122. The standard InChI is InChI=1S/C17H21BrN4O2.ClH/c1-9-7-19-4-3-11(9)12-5-14-15(6-13(12)18)24-8-16-20-21-17(23)10(2)22(14)16;/h5-6,9-11,19H,3-4,7-8H2,1-2H3,(H,21,23);1H/t9-,10+,11+;/m0./s1. The molecular formula is C17H22BrClN4O2. The van der Waals surface area contributed by atoms with E-state index < -0.39 is 0 Å². The number of halogens is 2. The van der Waals surface area contributed by atoms with Crippen LogP contribution in [0.1, 0.15) is 31.7 Å². The third-order valence-corrected chi connectivity index (χ3v) is 5.91. The zero-order chi connectivity index (χ0) is 16.8. The van der Waals surface area contributed by atoms with Gasteiger partial charge in [0.05, 0.1) is 5.69 Å². The van der Waals surface area contributed by atoms with E-state index in [2.05, 4.69) is 44.8 Å². The van der Waals surface area contributed by atoms with Crippen LogP contribution in [0.5, 0.6) is 5.75 Å². The number of hydrazone groups is 1. The molecule has 1 aromatic carbocycles. The predicted molar refractivity (Wildman–Crippen MR) is 104 cm³/mol. The van der Waals surface area contributed by atoms with E-state index in [0.29, 0.717) is 18.4 Å². The van der Waals surface area contributed by atoms with Crippen LogP contribution in [0.4, 0.5) is 5.69 Å². The largest absolute Gasteiger partial charge is 0.483 e. The number of amides is 1. The maximum absolute atomic E-state index is 12.0. The minimum atomic E-state index is -0.292. The Morgan fingerprint density at radius 1 is 1.36 bits per heavy atom. The summed E-state index contributed by atoms with van der Waals surface area (Å²) in [6.07, 6.45) is 1.11. The summed E-state index contributed by atoms with van der Waals surface area (Å²) in [6, 6.07) is 3.92. The van der Waals surface area contributed by atoms with Gasteiger partial charge in [-0.3, -0.25) is 4.79 Å². The van der Waals surface area contributed by atoms with Gasteiger partial charge in [-0.15, -0.1) is 12.4 Å². The highest BCUT2D eigenvalue weighted by molar-refractivity contribution is 9.10. The number of nitrogens with zero attached hydrogens (tertiary/aromatic N) is 2. The van der Waals surface area contributed by atoms with Crippen molar-refractivity contribution in [3.8, 4) is 5.75 Å². The fraction of sp³-hybridized carbons (Fsp3) is 0.529. The van der Waals surface area contributed by atoms with Gasteiger partial charge in [0.15, 0.2) is 5.84 Å². The third-order valence-electron chi connectivity index (χ3n) is 5.22. The second-order valence-corrected chi connectivity index (χ2v) is 7.61. The number of hydrogen-bond donors (Lipinski definition) is 2. The highest BCUT2D eigenvalue weighted by Crippen LogP contribution is 2.43. The van der Waals surface area contributed by atoms with Crippen molar-refractivity contribution in [2.24, 2.45) is 11.0 Å². The first kappa shape index (κ1) is 18.5. The van der Waals surface area contributed by atoms with Gasteiger partial charge in [0.25, 0.3) is 5.91 Å². The Kier molecular flexibility index (Phi) is 5.27. The van der Waals surface area contributed by atoms with E-state index in [1.165, 1.54) is 5.56 Å². The summed E-state index contributed by atoms with van der Waals surface area (Å²) in [7, 11) is 0. The smallest absolute Gasteiger partial charge is 0.262 e. The van der Waals surface area contributed by atoms with Crippen molar-refractivity contribution >= 4 is 45.8 Å². The summed E-state index contributed by atoms with van der Waals surface area (Å²) >= 11 is 3.72. The van der Waals surface area contributed by atoms with Crippen LogP contribution in [-0.2, 0) is 4.79 Å². The summed E-state index contributed by atoms with van der Waals surface area (Å²) in [5.41, 5.74) is 4.79. The number of benzene rings is 1. The molecule has 8 heteroatoms. The zero-order valence-electron chi connectivity index (χ0n) is 14.2. The summed E-state index contributed by atoms with van der Waals surface area (Å²) in [6.45, 7) is 6.61. The molecular weight excluding hydrogens is 408 g/mol. The molecule has 25 heavy (non-hydrogen) atoms. The first-order chi connectivity index (χ1) is 11.6. The number of anilines is 1. The molecule has 1 saturated heterocycles. The molecule has 136 valence electrons. The van der Waals surface area contributed by atoms with Crippen LogP contribution in [0.3, 0.4) is 0 Å². The number of fused-ring (bicyclic) bond motifs is 3. The summed E-state index contributed by atoms with van der Waals surface area (Å²) in [4.78, 5) is 14.0. The average Bonchev–Trinajstić information content (AvgIpc) is 2.58. The van der Waals surface area contributed by atoms with Crippen LogP contribution < -0.4 is 20.4 Å². The molecule has 0 radical (unpaired) electrons. The Bertz CT molecular complexity index is 727. The fourth-order valence-corrected chi connectivity index (χ4v) is 4.44. The molecule has 1 fully saturated rings. The maximum Gasteiger partial charge on any atom is 0.262 e. The van der Waals surface area contributed by atoms with E-state index in [0.717, 1.165) is 41.3 Å². The van der Waals surface area contributed by atoms with E-state index in [-0.39, 0.29) is 24.4 Å². The molecule has 1 aromatic rings. The molecule has 6 nitrogen and oxygen atoms in total. The van der Waals surface area contributed by atoms with Gasteiger partial charge in [0.1, 0.15) is 18.4 Å². The van der Waals surface area contributed by atoms with E-state index in [4.69, 9.17) is 4.74 Å². The van der Waals surface area contributed by atoms with Crippen LogP contribution in [0.15, 0.2) is 21.7 Å². The van der Waals surface area contributed by atoms with E-state index in [9.17, 15) is 4.79 Å². The van der Waals surface area contributed by atoms with Gasteiger partial charge in [0.2, 0.25) is 0 Å². The van der Waals surface area contributed by atoms with Crippen LogP contribution in [0, 0.1) is 5.92 Å². The number of carbonyl (C=O) groups is 1. The number of piperidine rings is 1. The van der Waals surface area contributed by atoms with Crippen molar-refractivity contribution in [3.05, 3.63) is 22.2 Å². The van der Waals surface area contributed by atoms with Crippen LogP contribution in [-0.4, -0.2) is 37.5 Å². The minimum absolute atomic E-state index is 0. The molecule has 0 unspecified atom stereocenters. The van der Waals surface area contributed by atoms with Crippen molar-refractivity contribution in [2.45, 2.75) is 32.2 Å². The Labute approximate surface area is 161 Å². The van der Waals surface area contributed by atoms with Crippen molar-refractivity contribution in [2.75, 3.05) is 24.6 Å². The predicted octanol–water partition coefficient (Wildman–Crippen LogP) is 2.61. The zero-order valence-corrected chi connectivity index (χ0v) is 16.6. The van der Waals surface area contributed by atoms with Crippen LogP contribution in [0.2, 0.25) is 0 Å². The van der Waals surface area contributed by atoms with Crippen molar-refractivity contribution < 1.29 is 9.53 Å². The van der Waals surface area contributed by atoms with Gasteiger partial charge in [-0.1, -0.05) is 22.9 Å². The molecule has 0 bridgehead atoms. The Balaban J connectivity index is 0.00000182. The SMILES string of the molecule is C[C@@H]1C(=O)NN=C2COc3cc(Br)c([C@@H]4CCNC[C@@H]4C)cc3N21.Cl. The molecule has 0 aromatic heterocycles. The first-order valence-corrected chi connectivity index (χ1v) is 9.18. The number of nitrogens with one attached hydrogen (secondary N) is 2. The normalized spacial score (nSPS) is 28.0. The second kappa shape index (κ2) is 7.13. The molecule has 0 spiro atoms. The molecule has 4 rings (SSSR count). The van der Waals surface area contributed by atoms with Crippen molar-refractivity contribution in [3.63, 3.8) is 0 Å². The van der Waals surface area contributed by atoms with Gasteiger partial charge in [-0.25, -0.2) is 5.43 Å². The quantitative estimate of drug-likeness (QED) is 0.720. The Hall–Kier alpha value is -1.31. The van der Waals surface area contributed by atoms with Gasteiger partial charge in [-0.05, 0) is 56.0 Å². The first-order valence-electron chi connectivity index (χ1n) is 8.39. The summed E-state index contributed by atoms with van der Waals surface area (Å²) in [5.74, 6) is 2.51. The number of ether oxygens (including phenoxy) is 1. The summed E-state index contributed by atoms with van der Waals surface area (Å²) in [5, 5.41) is 7.61. The minimum Gasteiger partial charge on any atom is -0.483 e. The highest BCUT2D eigenvalue weighted by atomic mass is 79.9. The molecule has 2 N–H and O–H groups in total. The Morgan fingerprint density at radius 3 is 2.92 bits per heavy atom. The van der Waals surface area contributed by atoms with Crippen LogP contribution in [0.25, 0.3) is 0 Å². The van der Waals surface area contributed by atoms with Gasteiger partial charge in [-0.2, -0.15) is 5.10 Å². The van der Waals surface area contributed by atoms with Gasteiger partial charge in [0, 0.05) is 4.47 Å². The highest BCUT2D eigenvalue weighted by Gasteiger charge is 2.36. The average molecular weight is 430 g/mol. The fourth-order valence-electron chi connectivity index (χ4n) is 3.82. The molecule has 1 amide bonds. The Morgan fingerprint density at radius 2 is 2.16 bits per heavy atom. The lowest BCUT2D eigenvalue weighted by Crippen LogP contribution is -2.55. The van der Waals surface area contributed by atoms with Gasteiger partial charge >= 0.3 is 0 Å². The molecule has 0 aliphatic carbocycles. The molecule has 0 saturated carbocycles. The third kappa shape index (κ3) is 3.13. The number of amidine groups is 1. The monoisotopic (exact) mass is 428 g/mol. The maximum atomic E-state index is 12.0. The molecule has 3 aliphatic rings. The van der Waals surface area contributed by atoms with Crippen LogP contribution >= 0.6 is 28.3 Å². The summed E-state index contributed by atoms with van der Waals surface area (Å²) < 4.78 is 6.94. The molecule has 3 heterocycles. The van der Waals surface area contributed by atoms with E-state index >= 15 is 0 Å². The number of hydrogen-bond acceptors (Lipinski definition) is 5. The molecule has 3 aliphatic heterocycles. The van der Waals surface area contributed by atoms with Gasteiger partial charge < -0.3 is 15.0 Å². The topological polar surface area (TPSA) is 66.0 Å².